The first-order valence-corrected chi connectivity index (χ1v) is 8.96. The number of allylic oxidation sites excluding steroid dienone is 1. The van der Waals surface area contributed by atoms with Crippen molar-refractivity contribution in [2.24, 2.45) is 0 Å². The fourth-order valence-electron chi connectivity index (χ4n) is 1.72. The molecule has 0 saturated carbocycles. The van der Waals surface area contributed by atoms with Gasteiger partial charge < -0.3 is 0 Å². The molecule has 0 fully saturated rings. The predicted octanol–water partition coefficient (Wildman–Crippen LogP) is 4.19. The maximum Gasteiger partial charge on any atom is 0.192 e. The van der Waals surface area contributed by atoms with Gasteiger partial charge in [0, 0.05) is 9.90 Å². The van der Waals surface area contributed by atoms with Crippen LogP contribution in [0.15, 0.2) is 40.6 Å². The Morgan fingerprint density at radius 3 is 2.52 bits per heavy atom. The van der Waals surface area contributed by atoms with E-state index in [9.17, 15) is 8.42 Å². The molecule has 0 aliphatic heterocycles. The number of sulfone groups is 1. The van der Waals surface area contributed by atoms with Crippen LogP contribution in [0.3, 0.4) is 0 Å². The van der Waals surface area contributed by atoms with Crippen molar-refractivity contribution in [1.82, 2.24) is 0 Å². The summed E-state index contributed by atoms with van der Waals surface area (Å²) >= 11 is 7.18. The molecule has 0 bridgehead atoms. The van der Waals surface area contributed by atoms with Crippen molar-refractivity contribution >= 4 is 38.9 Å². The molecule has 2 aromatic rings. The van der Waals surface area contributed by atoms with Crippen molar-refractivity contribution in [3.63, 3.8) is 0 Å². The van der Waals surface area contributed by atoms with Gasteiger partial charge in [-0.2, -0.15) is 5.26 Å². The summed E-state index contributed by atoms with van der Waals surface area (Å²) in [6.07, 6.45) is 1.44. The van der Waals surface area contributed by atoms with Gasteiger partial charge in [-0.1, -0.05) is 23.7 Å². The Morgan fingerprint density at radius 1 is 1.33 bits per heavy atom. The Balaban J connectivity index is 2.33. The number of halogens is 1. The third-order valence-corrected chi connectivity index (χ3v) is 5.69. The summed E-state index contributed by atoms with van der Waals surface area (Å²) in [5.74, 6) is -0.214. The second-order valence-corrected chi connectivity index (χ2v) is 7.82. The number of hydrogen-bond donors (Lipinski definition) is 0. The van der Waals surface area contributed by atoms with Gasteiger partial charge in [0.05, 0.1) is 5.75 Å². The van der Waals surface area contributed by atoms with Gasteiger partial charge in [0.2, 0.25) is 0 Å². The molecule has 0 spiro atoms. The number of thiophene rings is 1. The Hall–Kier alpha value is -1.61. The van der Waals surface area contributed by atoms with Crippen molar-refractivity contribution < 1.29 is 8.42 Å². The van der Waals surface area contributed by atoms with Crippen LogP contribution in [0.5, 0.6) is 0 Å². The maximum absolute atomic E-state index is 12.3. The largest absolute Gasteiger partial charge is 0.223 e. The van der Waals surface area contributed by atoms with Crippen molar-refractivity contribution in [2.45, 2.75) is 12.7 Å². The number of rotatable bonds is 4. The van der Waals surface area contributed by atoms with Gasteiger partial charge in [0.15, 0.2) is 9.84 Å². The third kappa shape index (κ3) is 3.94. The van der Waals surface area contributed by atoms with Gasteiger partial charge in [0.1, 0.15) is 11.0 Å². The minimum atomic E-state index is -3.67. The number of benzene rings is 1. The number of nitriles is 1. The van der Waals surface area contributed by atoms with Crippen LogP contribution in [0.2, 0.25) is 5.02 Å². The van der Waals surface area contributed by atoms with Gasteiger partial charge in [-0.25, -0.2) is 8.42 Å². The highest BCUT2D eigenvalue weighted by Crippen LogP contribution is 2.23. The zero-order valence-corrected chi connectivity index (χ0v) is 13.6. The molecular formula is C15H12ClNO2S2. The third-order valence-electron chi connectivity index (χ3n) is 2.88. The molecule has 0 aliphatic rings. The van der Waals surface area contributed by atoms with Gasteiger partial charge in [-0.05, 0) is 47.7 Å². The standard InChI is InChI=1S/C15H12ClNO2S2/c1-11-6-7-20-15(11)8-14(9-17)21(18,19)10-12-2-4-13(16)5-3-12/h2-8H,10H2,1H3. The van der Waals surface area contributed by atoms with Crippen molar-refractivity contribution in [3.05, 3.63) is 61.6 Å². The first-order chi connectivity index (χ1) is 9.92. The summed E-state index contributed by atoms with van der Waals surface area (Å²) in [7, 11) is -3.67. The summed E-state index contributed by atoms with van der Waals surface area (Å²) in [6.45, 7) is 1.88. The second kappa shape index (κ2) is 6.44. The molecule has 0 saturated heterocycles. The molecular weight excluding hydrogens is 326 g/mol. The van der Waals surface area contributed by atoms with E-state index in [1.165, 1.54) is 17.4 Å². The van der Waals surface area contributed by atoms with E-state index in [1.54, 1.807) is 30.3 Å². The molecule has 108 valence electrons. The Labute approximate surface area is 133 Å². The van der Waals surface area contributed by atoms with E-state index in [-0.39, 0.29) is 10.7 Å². The summed E-state index contributed by atoms with van der Waals surface area (Å²) in [5, 5.41) is 11.6. The normalized spacial score (nSPS) is 12.1. The average molecular weight is 338 g/mol. The lowest BCUT2D eigenvalue weighted by atomic mass is 10.2. The van der Waals surface area contributed by atoms with E-state index in [2.05, 4.69) is 0 Å². The SMILES string of the molecule is Cc1ccsc1C=C(C#N)S(=O)(=O)Cc1ccc(Cl)cc1. The van der Waals surface area contributed by atoms with E-state index >= 15 is 0 Å². The van der Waals surface area contributed by atoms with E-state index in [1.807, 2.05) is 18.4 Å². The van der Waals surface area contributed by atoms with Crippen LogP contribution in [-0.4, -0.2) is 8.42 Å². The topological polar surface area (TPSA) is 57.9 Å². The molecule has 0 atom stereocenters. The van der Waals surface area contributed by atoms with Crippen LogP contribution in [-0.2, 0) is 15.6 Å². The molecule has 3 nitrogen and oxygen atoms in total. The highest BCUT2D eigenvalue weighted by Gasteiger charge is 2.19. The number of nitrogens with zero attached hydrogens (tertiary/aromatic N) is 1. The van der Waals surface area contributed by atoms with Crippen LogP contribution in [0.25, 0.3) is 6.08 Å². The zero-order valence-electron chi connectivity index (χ0n) is 11.2. The molecule has 2 rings (SSSR count). The highest BCUT2D eigenvalue weighted by molar-refractivity contribution is 7.95. The second-order valence-electron chi connectivity index (χ2n) is 4.47. The zero-order chi connectivity index (χ0) is 15.5. The van der Waals surface area contributed by atoms with E-state index in [0.717, 1.165) is 10.4 Å². The minimum Gasteiger partial charge on any atom is -0.223 e. The van der Waals surface area contributed by atoms with Crippen LogP contribution < -0.4 is 0 Å². The summed E-state index contributed by atoms with van der Waals surface area (Å²) in [4.78, 5) is 0.564. The monoisotopic (exact) mass is 337 g/mol. The molecule has 6 heteroatoms. The molecule has 0 radical (unpaired) electrons. The van der Waals surface area contributed by atoms with Crippen molar-refractivity contribution in [1.29, 1.82) is 5.26 Å². The Kier molecular flexibility index (Phi) is 4.84. The quantitative estimate of drug-likeness (QED) is 0.786. The minimum absolute atomic E-state index is 0.214. The molecule has 1 aromatic heterocycles. The predicted molar refractivity (Wildman–Crippen MR) is 86.7 cm³/mol. The first-order valence-electron chi connectivity index (χ1n) is 6.05. The van der Waals surface area contributed by atoms with E-state index < -0.39 is 9.84 Å². The molecule has 0 N–H and O–H groups in total. The smallest absolute Gasteiger partial charge is 0.192 e. The fraction of sp³-hybridized carbons (Fsp3) is 0.133. The van der Waals surface area contributed by atoms with Gasteiger partial charge >= 0.3 is 0 Å². The molecule has 0 unspecified atom stereocenters. The first kappa shape index (κ1) is 15.8. The molecule has 0 aliphatic carbocycles. The van der Waals surface area contributed by atoms with Gasteiger partial charge in [-0.15, -0.1) is 11.3 Å². The van der Waals surface area contributed by atoms with Crippen LogP contribution >= 0.6 is 22.9 Å². The summed E-state index contributed by atoms with van der Waals surface area (Å²) in [6, 6.07) is 10.2. The Morgan fingerprint density at radius 2 is 2.00 bits per heavy atom. The maximum atomic E-state index is 12.3. The van der Waals surface area contributed by atoms with E-state index in [4.69, 9.17) is 16.9 Å². The van der Waals surface area contributed by atoms with Crippen molar-refractivity contribution in [2.75, 3.05) is 0 Å². The van der Waals surface area contributed by atoms with Crippen LogP contribution in [0.4, 0.5) is 0 Å². The summed E-state index contributed by atoms with van der Waals surface area (Å²) < 4.78 is 24.7. The number of aryl methyl sites for hydroxylation is 1. The Bertz CT molecular complexity index is 812. The molecule has 1 aromatic carbocycles. The van der Waals surface area contributed by atoms with Crippen molar-refractivity contribution in [3.8, 4) is 6.07 Å². The lowest BCUT2D eigenvalue weighted by Gasteiger charge is -2.03. The van der Waals surface area contributed by atoms with Gasteiger partial charge in [0.25, 0.3) is 0 Å². The van der Waals surface area contributed by atoms with E-state index in [0.29, 0.717) is 10.6 Å². The van der Waals surface area contributed by atoms with Gasteiger partial charge in [-0.3, -0.25) is 0 Å². The fourth-order valence-corrected chi connectivity index (χ4v) is 4.00. The molecule has 1 heterocycles. The average Bonchev–Trinajstić information content (AvgIpc) is 2.83. The lowest BCUT2D eigenvalue weighted by molar-refractivity contribution is 0.602. The van der Waals surface area contributed by atoms with Crippen LogP contribution in [0, 0.1) is 18.3 Å². The van der Waals surface area contributed by atoms with Crippen LogP contribution in [0.1, 0.15) is 16.0 Å². The summed E-state index contributed by atoms with van der Waals surface area (Å²) in [5.41, 5.74) is 1.55. The highest BCUT2D eigenvalue weighted by atomic mass is 35.5. The molecule has 21 heavy (non-hydrogen) atoms. The molecule has 0 amide bonds. The lowest BCUT2D eigenvalue weighted by Crippen LogP contribution is -2.06. The number of hydrogen-bond acceptors (Lipinski definition) is 4.